The van der Waals surface area contributed by atoms with Crippen LogP contribution in [0.3, 0.4) is 0 Å². The van der Waals surface area contributed by atoms with Gasteiger partial charge in [-0.25, -0.2) is 0 Å². The minimum Gasteiger partial charge on any atom is -0.504 e. The molecular formula is C30H33F3N2O4. The van der Waals surface area contributed by atoms with Crippen LogP contribution >= 0.6 is 0 Å². The van der Waals surface area contributed by atoms with E-state index in [-0.39, 0.29) is 30.2 Å². The Labute approximate surface area is 225 Å². The topological polar surface area (TPSA) is 73.2 Å². The average Bonchev–Trinajstić information content (AvgIpc) is 3.63. The molecule has 7 rings (SSSR count). The smallest absolute Gasteiger partial charge is 0.416 e. The summed E-state index contributed by atoms with van der Waals surface area (Å²) in [6.07, 6.45) is -0.0756. The minimum atomic E-state index is -4.43. The molecule has 1 saturated heterocycles. The lowest BCUT2D eigenvalue weighted by Gasteiger charge is -2.64. The molecule has 0 aromatic heterocycles. The van der Waals surface area contributed by atoms with Gasteiger partial charge in [-0.1, -0.05) is 18.2 Å². The molecule has 2 aromatic rings. The van der Waals surface area contributed by atoms with Gasteiger partial charge in [-0.05, 0) is 80.3 Å². The summed E-state index contributed by atoms with van der Waals surface area (Å²) in [5.41, 5.74) is -0.00153. The SMILES string of the molecule is CN(C(=O)Cc1ccc(C(F)(F)F)cc1)[C@@H]1CC[C@@]2(O)[C@H]3Cc4ccc(O)c5c4[C@@]2(CCN3CC2CC2)[C@H]1O5. The summed E-state index contributed by atoms with van der Waals surface area (Å²) in [5, 5.41) is 23.4. The van der Waals surface area contributed by atoms with E-state index in [0.717, 1.165) is 36.3 Å². The van der Waals surface area contributed by atoms with Crippen molar-refractivity contribution in [2.45, 2.75) is 80.3 Å². The van der Waals surface area contributed by atoms with Crippen LogP contribution in [0, 0.1) is 5.92 Å². The molecule has 6 nitrogen and oxygen atoms in total. The van der Waals surface area contributed by atoms with Crippen LogP contribution in [0.5, 0.6) is 11.5 Å². The number of rotatable bonds is 5. The number of ether oxygens (including phenoxy) is 1. The number of piperidine rings is 1. The van der Waals surface area contributed by atoms with E-state index in [4.69, 9.17) is 4.74 Å². The van der Waals surface area contributed by atoms with Gasteiger partial charge in [0, 0.05) is 25.2 Å². The number of hydrogen-bond acceptors (Lipinski definition) is 5. The zero-order valence-electron chi connectivity index (χ0n) is 21.9. The van der Waals surface area contributed by atoms with Gasteiger partial charge in [0.1, 0.15) is 6.10 Å². The van der Waals surface area contributed by atoms with Gasteiger partial charge >= 0.3 is 6.18 Å². The van der Waals surface area contributed by atoms with Crippen LogP contribution in [0.25, 0.3) is 0 Å². The van der Waals surface area contributed by atoms with E-state index in [1.165, 1.54) is 25.0 Å². The Kier molecular flexibility index (Phi) is 5.41. The average molecular weight is 543 g/mol. The fourth-order valence-electron chi connectivity index (χ4n) is 8.15. The van der Waals surface area contributed by atoms with E-state index in [1.807, 2.05) is 6.07 Å². The Balaban J connectivity index is 1.21. The van der Waals surface area contributed by atoms with Crippen LogP contribution in [0.1, 0.15) is 54.4 Å². The number of nitrogens with zero attached hydrogens (tertiary/aromatic N) is 2. The molecule has 1 spiro atoms. The molecular weight excluding hydrogens is 509 g/mol. The number of phenols is 1. The normalized spacial score (nSPS) is 32.9. The van der Waals surface area contributed by atoms with E-state index in [9.17, 15) is 28.2 Å². The third-order valence-electron chi connectivity index (χ3n) is 10.3. The van der Waals surface area contributed by atoms with Gasteiger partial charge in [0.25, 0.3) is 0 Å². The predicted octanol–water partition coefficient (Wildman–Crippen LogP) is 4.04. The molecule has 9 heteroatoms. The first-order valence-electron chi connectivity index (χ1n) is 13.9. The number of likely N-dealkylation sites (N-methyl/N-ethyl adjacent to an activating group) is 1. The zero-order valence-corrected chi connectivity index (χ0v) is 21.9. The third kappa shape index (κ3) is 3.58. The minimum absolute atomic E-state index is 0.0314. The fourth-order valence-corrected chi connectivity index (χ4v) is 8.15. The summed E-state index contributed by atoms with van der Waals surface area (Å²) in [7, 11) is 1.72. The number of aliphatic hydroxyl groups is 1. The summed E-state index contributed by atoms with van der Waals surface area (Å²) in [4.78, 5) is 17.6. The molecule has 208 valence electrons. The Bertz CT molecular complexity index is 1330. The highest BCUT2D eigenvalue weighted by Gasteiger charge is 2.73. The van der Waals surface area contributed by atoms with Crippen molar-refractivity contribution in [3.8, 4) is 11.5 Å². The predicted molar refractivity (Wildman–Crippen MR) is 136 cm³/mol. The van der Waals surface area contributed by atoms with Crippen LogP contribution < -0.4 is 4.74 Å². The maximum absolute atomic E-state index is 13.4. The lowest BCUT2D eigenvalue weighted by Crippen LogP contribution is -2.78. The molecule has 2 aromatic carbocycles. The van der Waals surface area contributed by atoms with E-state index in [0.29, 0.717) is 42.9 Å². The van der Waals surface area contributed by atoms with Crippen molar-refractivity contribution in [1.29, 1.82) is 0 Å². The summed E-state index contributed by atoms with van der Waals surface area (Å²) in [5.74, 6) is 0.959. The number of likely N-dealkylation sites (tertiary alicyclic amines) is 1. The molecule has 2 aliphatic heterocycles. The van der Waals surface area contributed by atoms with Gasteiger partial charge in [-0.3, -0.25) is 9.69 Å². The van der Waals surface area contributed by atoms with Gasteiger partial charge in [-0.15, -0.1) is 0 Å². The third-order valence-corrected chi connectivity index (χ3v) is 10.3. The quantitative estimate of drug-likeness (QED) is 0.597. The van der Waals surface area contributed by atoms with E-state index >= 15 is 0 Å². The van der Waals surface area contributed by atoms with Crippen LogP contribution in [0.4, 0.5) is 13.2 Å². The van der Waals surface area contributed by atoms with Crippen molar-refractivity contribution in [3.63, 3.8) is 0 Å². The molecule has 0 radical (unpaired) electrons. The van der Waals surface area contributed by atoms with Gasteiger partial charge < -0.3 is 19.8 Å². The van der Waals surface area contributed by atoms with E-state index < -0.39 is 28.9 Å². The number of hydrogen-bond donors (Lipinski definition) is 2. The van der Waals surface area contributed by atoms with E-state index in [2.05, 4.69) is 4.90 Å². The monoisotopic (exact) mass is 542 g/mol. The molecule has 5 aliphatic rings. The number of amides is 1. The Morgan fingerprint density at radius 2 is 1.87 bits per heavy atom. The van der Waals surface area contributed by atoms with Gasteiger partial charge in [0.15, 0.2) is 11.5 Å². The van der Waals surface area contributed by atoms with Gasteiger partial charge in [0.05, 0.1) is 29.0 Å². The first-order valence-corrected chi connectivity index (χ1v) is 13.9. The van der Waals surface area contributed by atoms with Crippen molar-refractivity contribution in [3.05, 3.63) is 58.7 Å². The number of carbonyl (C=O) groups is 1. The number of aromatic hydroxyl groups is 1. The maximum Gasteiger partial charge on any atom is 0.416 e. The van der Waals surface area contributed by atoms with Crippen molar-refractivity contribution >= 4 is 5.91 Å². The van der Waals surface area contributed by atoms with E-state index in [1.54, 1.807) is 18.0 Å². The fraction of sp³-hybridized carbons (Fsp3) is 0.567. The molecule has 2 N–H and O–H groups in total. The highest BCUT2D eigenvalue weighted by Crippen LogP contribution is 2.66. The van der Waals surface area contributed by atoms with Crippen LogP contribution in [0.2, 0.25) is 0 Å². The molecule has 3 fully saturated rings. The van der Waals surface area contributed by atoms with Crippen molar-refractivity contribution in [2.24, 2.45) is 5.92 Å². The zero-order chi connectivity index (χ0) is 27.3. The molecule has 0 unspecified atom stereocenters. The molecule has 2 saturated carbocycles. The summed E-state index contributed by atoms with van der Waals surface area (Å²) in [6, 6.07) is 7.93. The number of carbonyl (C=O) groups excluding carboxylic acids is 1. The first-order chi connectivity index (χ1) is 18.5. The summed E-state index contributed by atoms with van der Waals surface area (Å²) in [6.45, 7) is 1.82. The largest absolute Gasteiger partial charge is 0.504 e. The Morgan fingerprint density at radius 3 is 2.56 bits per heavy atom. The molecule has 3 aliphatic carbocycles. The highest BCUT2D eigenvalue weighted by atomic mass is 19.4. The maximum atomic E-state index is 13.4. The summed E-state index contributed by atoms with van der Waals surface area (Å²) < 4.78 is 45.5. The van der Waals surface area contributed by atoms with Gasteiger partial charge in [0.2, 0.25) is 5.91 Å². The Morgan fingerprint density at radius 1 is 1.13 bits per heavy atom. The highest BCUT2D eigenvalue weighted by molar-refractivity contribution is 5.79. The summed E-state index contributed by atoms with van der Waals surface area (Å²) >= 11 is 0. The lowest BCUT2D eigenvalue weighted by atomic mass is 9.48. The number of benzene rings is 2. The standard InChI is InChI=1S/C30H33F3N2O4/c1-34(24(37)14-17-4-7-20(8-5-17)30(31,32)33)21-10-11-29(38)23-15-19-6-9-22(36)26-25(19)28(29,27(21)39-26)12-13-35(23)16-18-2-3-18/h4-9,18,21,23,27,36,38H,2-3,10-16H2,1H3/t21-,23-,27+,28+,29-/m1/s1. The molecule has 5 atom stereocenters. The molecule has 2 heterocycles. The second kappa shape index (κ2) is 8.36. The van der Waals surface area contributed by atoms with Crippen LogP contribution in [0.15, 0.2) is 36.4 Å². The van der Waals surface area contributed by atoms with Crippen molar-refractivity contribution in [1.82, 2.24) is 9.80 Å². The number of phenolic OH excluding ortho intramolecular Hbond substituents is 1. The number of halogens is 3. The molecule has 39 heavy (non-hydrogen) atoms. The van der Waals surface area contributed by atoms with Crippen LogP contribution in [-0.2, 0) is 29.2 Å². The lowest BCUT2D eigenvalue weighted by molar-refractivity contribution is -0.200. The van der Waals surface area contributed by atoms with Crippen LogP contribution in [-0.4, -0.2) is 69.8 Å². The molecule has 2 bridgehead atoms. The molecule has 1 amide bonds. The van der Waals surface area contributed by atoms with Crippen molar-refractivity contribution < 1.29 is 32.9 Å². The second-order valence-electron chi connectivity index (χ2n) is 12.3. The van der Waals surface area contributed by atoms with Crippen molar-refractivity contribution in [2.75, 3.05) is 20.1 Å². The number of alkyl halides is 3. The second-order valence-corrected chi connectivity index (χ2v) is 12.3. The Hall–Kier alpha value is -2.78. The first kappa shape index (κ1) is 25.2. The van der Waals surface area contributed by atoms with Gasteiger partial charge in [-0.2, -0.15) is 13.2 Å².